The fraction of sp³-hybridized carbons (Fsp3) is 1.00. The van der Waals surface area contributed by atoms with E-state index in [9.17, 15) is 10.2 Å². The summed E-state index contributed by atoms with van der Waals surface area (Å²) in [4.78, 5) is 2.15. The lowest BCUT2D eigenvalue weighted by atomic mass is 9.90. The second-order valence-corrected chi connectivity index (χ2v) is 5.52. The van der Waals surface area contributed by atoms with E-state index < -0.39 is 5.60 Å². The molecule has 1 rings (SSSR count). The van der Waals surface area contributed by atoms with Crippen LogP contribution in [0.4, 0.5) is 0 Å². The van der Waals surface area contributed by atoms with Crippen molar-refractivity contribution in [1.29, 1.82) is 0 Å². The highest BCUT2D eigenvalue weighted by atomic mass is 16.3. The molecule has 14 heavy (non-hydrogen) atoms. The topological polar surface area (TPSA) is 43.7 Å². The monoisotopic (exact) mass is 201 g/mol. The molecule has 2 atom stereocenters. The van der Waals surface area contributed by atoms with Crippen LogP contribution >= 0.6 is 0 Å². The van der Waals surface area contributed by atoms with Crippen molar-refractivity contribution >= 4 is 0 Å². The molecule has 3 nitrogen and oxygen atoms in total. The van der Waals surface area contributed by atoms with Crippen LogP contribution in [0.2, 0.25) is 0 Å². The average Bonchev–Trinajstić information content (AvgIpc) is 2.24. The summed E-state index contributed by atoms with van der Waals surface area (Å²) in [6.45, 7) is 10.2. The molecule has 0 aromatic rings. The normalized spacial score (nSPS) is 31.7. The summed E-state index contributed by atoms with van der Waals surface area (Å²) in [5.74, 6) is 0. The van der Waals surface area contributed by atoms with Crippen molar-refractivity contribution in [2.45, 2.75) is 45.8 Å². The molecular weight excluding hydrogens is 178 g/mol. The highest BCUT2D eigenvalue weighted by Gasteiger charge is 2.39. The Morgan fingerprint density at radius 1 is 1.50 bits per heavy atom. The van der Waals surface area contributed by atoms with E-state index in [1.165, 1.54) is 0 Å². The molecule has 84 valence electrons. The van der Waals surface area contributed by atoms with Gasteiger partial charge in [0.2, 0.25) is 0 Å². The van der Waals surface area contributed by atoms with Crippen molar-refractivity contribution in [2.75, 3.05) is 19.6 Å². The van der Waals surface area contributed by atoms with Crippen LogP contribution in [-0.2, 0) is 0 Å². The molecule has 0 radical (unpaired) electrons. The zero-order chi connectivity index (χ0) is 11.0. The highest BCUT2D eigenvalue weighted by molar-refractivity contribution is 4.92. The van der Waals surface area contributed by atoms with Gasteiger partial charge >= 0.3 is 0 Å². The van der Waals surface area contributed by atoms with Crippen molar-refractivity contribution in [1.82, 2.24) is 4.90 Å². The summed E-state index contributed by atoms with van der Waals surface area (Å²) >= 11 is 0. The van der Waals surface area contributed by atoms with E-state index in [0.29, 0.717) is 13.1 Å². The maximum Gasteiger partial charge on any atom is 0.0743 e. The molecule has 0 aromatic heterocycles. The van der Waals surface area contributed by atoms with Crippen LogP contribution in [0.3, 0.4) is 0 Å². The molecule has 1 aliphatic rings. The Morgan fingerprint density at radius 2 is 2.07 bits per heavy atom. The fourth-order valence-electron chi connectivity index (χ4n) is 1.95. The third-order valence-electron chi connectivity index (χ3n) is 3.29. The third kappa shape index (κ3) is 2.69. The van der Waals surface area contributed by atoms with Gasteiger partial charge in [0.15, 0.2) is 0 Å². The molecule has 2 unspecified atom stereocenters. The molecule has 1 saturated heterocycles. The second kappa shape index (κ2) is 3.80. The zero-order valence-corrected chi connectivity index (χ0v) is 9.75. The van der Waals surface area contributed by atoms with Gasteiger partial charge in [0.05, 0.1) is 11.7 Å². The Hall–Kier alpha value is -0.120. The minimum Gasteiger partial charge on any atom is -0.391 e. The Balaban J connectivity index is 2.51. The van der Waals surface area contributed by atoms with E-state index in [-0.39, 0.29) is 11.5 Å². The molecule has 1 aliphatic heterocycles. The highest BCUT2D eigenvalue weighted by Crippen LogP contribution is 2.30. The third-order valence-corrected chi connectivity index (χ3v) is 3.29. The predicted octanol–water partition coefficient (Wildman–Crippen LogP) is 0.850. The summed E-state index contributed by atoms with van der Waals surface area (Å²) < 4.78 is 0. The van der Waals surface area contributed by atoms with Crippen LogP contribution in [0.15, 0.2) is 0 Å². The maximum atomic E-state index is 9.92. The number of rotatable bonds is 3. The minimum atomic E-state index is -0.625. The Labute approximate surface area is 86.7 Å². The lowest BCUT2D eigenvalue weighted by molar-refractivity contribution is 0.0196. The molecule has 0 aromatic carbocycles. The van der Waals surface area contributed by atoms with Gasteiger partial charge in [-0.1, -0.05) is 20.8 Å². The molecule has 1 fully saturated rings. The molecule has 0 bridgehead atoms. The predicted molar refractivity (Wildman–Crippen MR) is 57.1 cm³/mol. The smallest absolute Gasteiger partial charge is 0.0743 e. The van der Waals surface area contributed by atoms with Gasteiger partial charge in [-0.2, -0.15) is 0 Å². The lowest BCUT2D eigenvalue weighted by Gasteiger charge is -2.28. The van der Waals surface area contributed by atoms with E-state index in [1.54, 1.807) is 0 Å². The van der Waals surface area contributed by atoms with Gasteiger partial charge in [-0.05, 0) is 13.3 Å². The lowest BCUT2D eigenvalue weighted by Crippen LogP contribution is -2.39. The first-order valence-electron chi connectivity index (χ1n) is 5.40. The van der Waals surface area contributed by atoms with E-state index >= 15 is 0 Å². The van der Waals surface area contributed by atoms with E-state index in [2.05, 4.69) is 18.7 Å². The van der Waals surface area contributed by atoms with Crippen LogP contribution in [0.5, 0.6) is 0 Å². The number of β-amino-alcohol motifs (C(OH)–C–C–N with tert-alkyl or cyclic N) is 2. The van der Waals surface area contributed by atoms with Crippen LogP contribution in [-0.4, -0.2) is 46.5 Å². The molecule has 2 N–H and O–H groups in total. The Bertz CT molecular complexity index is 201. The standard InChI is InChI=1S/C11H23NO2/c1-5-11(4,14)8-12-6-9(13)10(2,3)7-12/h9,13-14H,5-8H2,1-4H3. The number of likely N-dealkylation sites (tertiary alicyclic amines) is 1. The average molecular weight is 201 g/mol. The zero-order valence-electron chi connectivity index (χ0n) is 9.75. The van der Waals surface area contributed by atoms with Gasteiger partial charge in [-0.25, -0.2) is 0 Å². The van der Waals surface area contributed by atoms with E-state index in [1.807, 2.05) is 13.8 Å². The van der Waals surface area contributed by atoms with Gasteiger partial charge in [0, 0.05) is 25.0 Å². The van der Waals surface area contributed by atoms with Gasteiger partial charge < -0.3 is 10.2 Å². The van der Waals surface area contributed by atoms with E-state index in [0.717, 1.165) is 13.0 Å². The molecule has 0 amide bonds. The fourth-order valence-corrected chi connectivity index (χ4v) is 1.95. The summed E-state index contributed by atoms with van der Waals surface area (Å²) in [5.41, 5.74) is -0.663. The SMILES string of the molecule is CCC(C)(O)CN1CC(O)C(C)(C)C1. The molecule has 3 heteroatoms. The first kappa shape index (κ1) is 12.0. The quantitative estimate of drug-likeness (QED) is 0.711. The first-order chi connectivity index (χ1) is 6.27. The first-order valence-corrected chi connectivity index (χ1v) is 5.40. The molecule has 0 aliphatic carbocycles. The van der Waals surface area contributed by atoms with Gasteiger partial charge in [0.25, 0.3) is 0 Å². The van der Waals surface area contributed by atoms with E-state index in [4.69, 9.17) is 0 Å². The number of hydrogen-bond donors (Lipinski definition) is 2. The summed E-state index contributed by atoms with van der Waals surface area (Å²) in [5, 5.41) is 19.7. The maximum absolute atomic E-state index is 9.92. The van der Waals surface area contributed by atoms with Crippen LogP contribution in [0.25, 0.3) is 0 Å². The molecule has 1 heterocycles. The summed E-state index contributed by atoms with van der Waals surface area (Å²) in [7, 11) is 0. The van der Waals surface area contributed by atoms with Crippen molar-refractivity contribution in [3.05, 3.63) is 0 Å². The number of aliphatic hydroxyl groups excluding tert-OH is 1. The van der Waals surface area contributed by atoms with Crippen LogP contribution in [0, 0.1) is 5.41 Å². The van der Waals surface area contributed by atoms with Crippen molar-refractivity contribution in [3.8, 4) is 0 Å². The van der Waals surface area contributed by atoms with Crippen molar-refractivity contribution in [2.24, 2.45) is 5.41 Å². The largest absolute Gasteiger partial charge is 0.391 e. The number of nitrogens with zero attached hydrogens (tertiary/aromatic N) is 1. The van der Waals surface area contributed by atoms with Crippen LogP contribution < -0.4 is 0 Å². The second-order valence-electron chi connectivity index (χ2n) is 5.52. The number of aliphatic hydroxyl groups is 2. The summed E-state index contributed by atoms with van der Waals surface area (Å²) in [6.07, 6.45) is 0.482. The molecular formula is C11H23NO2. The van der Waals surface area contributed by atoms with Crippen molar-refractivity contribution in [3.63, 3.8) is 0 Å². The van der Waals surface area contributed by atoms with Gasteiger partial charge in [-0.3, -0.25) is 4.90 Å². The van der Waals surface area contributed by atoms with Crippen molar-refractivity contribution < 1.29 is 10.2 Å². The minimum absolute atomic E-state index is 0.0379. The Morgan fingerprint density at radius 3 is 2.43 bits per heavy atom. The molecule has 0 saturated carbocycles. The van der Waals surface area contributed by atoms with Gasteiger partial charge in [-0.15, -0.1) is 0 Å². The Kier molecular flexibility index (Phi) is 3.24. The van der Waals surface area contributed by atoms with Gasteiger partial charge in [0.1, 0.15) is 0 Å². The number of hydrogen-bond acceptors (Lipinski definition) is 3. The van der Waals surface area contributed by atoms with Crippen LogP contribution in [0.1, 0.15) is 34.1 Å². The molecule has 0 spiro atoms. The summed E-state index contributed by atoms with van der Waals surface area (Å²) in [6, 6.07) is 0.